The summed E-state index contributed by atoms with van der Waals surface area (Å²) in [6, 6.07) is 0.151. The van der Waals surface area contributed by atoms with Gasteiger partial charge in [0, 0.05) is 19.5 Å². The first-order valence-corrected chi connectivity index (χ1v) is 4.22. The number of Topliss-reactive ketones (excluding diaryl/α,β-unsaturated/α-hetero) is 1. The first-order valence-electron chi connectivity index (χ1n) is 4.22. The van der Waals surface area contributed by atoms with Crippen molar-refractivity contribution in [2.45, 2.75) is 31.4 Å². The van der Waals surface area contributed by atoms with E-state index in [1.165, 1.54) is 0 Å². The van der Waals surface area contributed by atoms with E-state index in [0.717, 1.165) is 19.3 Å². The summed E-state index contributed by atoms with van der Waals surface area (Å²) in [5.74, 6) is 0.372. The number of carbonyl (C=O) groups is 1. The van der Waals surface area contributed by atoms with Gasteiger partial charge >= 0.3 is 0 Å². The standard InChI is InChI=1S/C8H13NO2/c10-6-4-9(5-6)7-2-1-3-8(7)11/h6-7,10H,1-5H2. The van der Waals surface area contributed by atoms with Gasteiger partial charge < -0.3 is 5.11 Å². The summed E-state index contributed by atoms with van der Waals surface area (Å²) >= 11 is 0. The highest BCUT2D eigenvalue weighted by molar-refractivity contribution is 5.86. The lowest BCUT2D eigenvalue weighted by Crippen LogP contribution is -2.56. The van der Waals surface area contributed by atoms with E-state index in [0.29, 0.717) is 18.9 Å². The molecule has 62 valence electrons. The molecular weight excluding hydrogens is 142 g/mol. The van der Waals surface area contributed by atoms with E-state index >= 15 is 0 Å². The van der Waals surface area contributed by atoms with Gasteiger partial charge in [0.1, 0.15) is 5.78 Å². The monoisotopic (exact) mass is 155 g/mol. The van der Waals surface area contributed by atoms with Crippen LogP contribution in [0.3, 0.4) is 0 Å². The summed E-state index contributed by atoms with van der Waals surface area (Å²) in [6.07, 6.45) is 2.61. The number of ketones is 1. The molecule has 2 aliphatic rings. The third-order valence-corrected chi connectivity index (χ3v) is 2.60. The zero-order valence-corrected chi connectivity index (χ0v) is 6.49. The third kappa shape index (κ3) is 1.19. The van der Waals surface area contributed by atoms with E-state index in [-0.39, 0.29) is 12.1 Å². The van der Waals surface area contributed by atoms with E-state index in [1.54, 1.807) is 0 Å². The van der Waals surface area contributed by atoms with Gasteiger partial charge in [-0.2, -0.15) is 0 Å². The van der Waals surface area contributed by atoms with E-state index in [4.69, 9.17) is 5.11 Å². The molecule has 0 aromatic rings. The van der Waals surface area contributed by atoms with Crippen LogP contribution >= 0.6 is 0 Å². The molecule has 1 saturated heterocycles. The number of nitrogens with zero attached hydrogens (tertiary/aromatic N) is 1. The Kier molecular flexibility index (Phi) is 1.69. The molecule has 1 aliphatic heterocycles. The Morgan fingerprint density at radius 2 is 2.18 bits per heavy atom. The number of rotatable bonds is 1. The Bertz CT molecular complexity index is 175. The van der Waals surface area contributed by atoms with Crippen LogP contribution < -0.4 is 0 Å². The molecule has 2 rings (SSSR count). The number of hydrogen-bond acceptors (Lipinski definition) is 3. The largest absolute Gasteiger partial charge is 0.390 e. The highest BCUT2D eigenvalue weighted by Gasteiger charge is 2.36. The van der Waals surface area contributed by atoms with Crippen LogP contribution in [0.2, 0.25) is 0 Å². The molecule has 3 heteroatoms. The van der Waals surface area contributed by atoms with Gasteiger partial charge in [-0.1, -0.05) is 0 Å². The van der Waals surface area contributed by atoms with Crippen molar-refractivity contribution in [3.63, 3.8) is 0 Å². The van der Waals surface area contributed by atoms with Gasteiger partial charge in [-0.05, 0) is 12.8 Å². The predicted molar refractivity (Wildman–Crippen MR) is 40.2 cm³/mol. The maximum Gasteiger partial charge on any atom is 0.149 e. The maximum atomic E-state index is 11.2. The Balaban J connectivity index is 1.90. The summed E-state index contributed by atoms with van der Waals surface area (Å²) in [5, 5.41) is 9.01. The van der Waals surface area contributed by atoms with Gasteiger partial charge in [-0.3, -0.25) is 9.69 Å². The van der Waals surface area contributed by atoms with Crippen molar-refractivity contribution in [3.05, 3.63) is 0 Å². The van der Waals surface area contributed by atoms with Crippen LogP contribution in [0.15, 0.2) is 0 Å². The zero-order chi connectivity index (χ0) is 7.84. The molecule has 3 nitrogen and oxygen atoms in total. The van der Waals surface area contributed by atoms with E-state index in [2.05, 4.69) is 4.90 Å². The van der Waals surface area contributed by atoms with Crippen LogP contribution in [0, 0.1) is 0 Å². The molecule has 1 atom stereocenters. The van der Waals surface area contributed by atoms with E-state index in [9.17, 15) is 4.79 Å². The van der Waals surface area contributed by atoms with Gasteiger partial charge in [-0.25, -0.2) is 0 Å². The molecule has 0 aromatic carbocycles. The smallest absolute Gasteiger partial charge is 0.149 e. The molecule has 1 unspecified atom stereocenters. The molecule has 1 heterocycles. The first-order chi connectivity index (χ1) is 5.27. The van der Waals surface area contributed by atoms with Crippen molar-refractivity contribution in [1.29, 1.82) is 0 Å². The fourth-order valence-corrected chi connectivity index (χ4v) is 1.93. The molecule has 2 fully saturated rings. The SMILES string of the molecule is O=C1CCCC1N1CC(O)C1. The highest BCUT2D eigenvalue weighted by atomic mass is 16.3. The van der Waals surface area contributed by atoms with Crippen LogP contribution in [0.1, 0.15) is 19.3 Å². The number of hydrogen-bond donors (Lipinski definition) is 1. The lowest BCUT2D eigenvalue weighted by Gasteiger charge is -2.39. The minimum atomic E-state index is -0.177. The van der Waals surface area contributed by atoms with Crippen molar-refractivity contribution < 1.29 is 9.90 Å². The molecule has 1 N–H and O–H groups in total. The lowest BCUT2D eigenvalue weighted by molar-refractivity contribution is -0.126. The van der Waals surface area contributed by atoms with Crippen molar-refractivity contribution >= 4 is 5.78 Å². The van der Waals surface area contributed by atoms with Crippen molar-refractivity contribution in [2.75, 3.05) is 13.1 Å². The van der Waals surface area contributed by atoms with Gasteiger partial charge in [0.25, 0.3) is 0 Å². The number of likely N-dealkylation sites (tertiary alicyclic amines) is 1. The molecule has 0 amide bonds. The molecule has 11 heavy (non-hydrogen) atoms. The summed E-state index contributed by atoms with van der Waals surface area (Å²) in [6.45, 7) is 1.41. The average molecular weight is 155 g/mol. The Morgan fingerprint density at radius 3 is 2.64 bits per heavy atom. The number of carbonyl (C=O) groups excluding carboxylic acids is 1. The van der Waals surface area contributed by atoms with Crippen LogP contribution in [-0.4, -0.2) is 41.0 Å². The van der Waals surface area contributed by atoms with Crippen LogP contribution in [0.25, 0.3) is 0 Å². The zero-order valence-electron chi connectivity index (χ0n) is 6.49. The minimum Gasteiger partial charge on any atom is -0.390 e. The number of aliphatic hydroxyl groups is 1. The van der Waals surface area contributed by atoms with Gasteiger partial charge in [0.15, 0.2) is 0 Å². The van der Waals surface area contributed by atoms with Crippen molar-refractivity contribution in [3.8, 4) is 0 Å². The van der Waals surface area contributed by atoms with Crippen LogP contribution in [0.5, 0.6) is 0 Å². The van der Waals surface area contributed by atoms with Crippen molar-refractivity contribution in [1.82, 2.24) is 4.90 Å². The van der Waals surface area contributed by atoms with E-state index < -0.39 is 0 Å². The first kappa shape index (κ1) is 7.25. The number of aliphatic hydroxyl groups excluding tert-OH is 1. The molecule has 0 bridgehead atoms. The summed E-state index contributed by atoms with van der Waals surface area (Å²) in [7, 11) is 0. The second-order valence-electron chi connectivity index (χ2n) is 3.48. The molecule has 1 aliphatic carbocycles. The summed E-state index contributed by atoms with van der Waals surface area (Å²) < 4.78 is 0. The second kappa shape index (κ2) is 2.57. The molecule has 0 radical (unpaired) electrons. The van der Waals surface area contributed by atoms with Crippen LogP contribution in [0.4, 0.5) is 0 Å². The maximum absolute atomic E-state index is 11.2. The Hall–Kier alpha value is -0.410. The average Bonchev–Trinajstić information content (AvgIpc) is 2.29. The summed E-state index contributed by atoms with van der Waals surface area (Å²) in [5.41, 5.74) is 0. The molecule has 0 aromatic heterocycles. The molecule has 1 saturated carbocycles. The molecular formula is C8H13NO2. The topological polar surface area (TPSA) is 40.5 Å². The Labute approximate surface area is 66.0 Å². The van der Waals surface area contributed by atoms with Gasteiger partial charge in [0.2, 0.25) is 0 Å². The van der Waals surface area contributed by atoms with Crippen LogP contribution in [-0.2, 0) is 4.79 Å². The normalized spacial score (nSPS) is 34.3. The molecule has 0 spiro atoms. The van der Waals surface area contributed by atoms with Gasteiger partial charge in [0.05, 0.1) is 12.1 Å². The predicted octanol–water partition coefficient (Wildman–Crippen LogP) is -0.215. The van der Waals surface area contributed by atoms with E-state index in [1.807, 2.05) is 0 Å². The fourth-order valence-electron chi connectivity index (χ4n) is 1.93. The third-order valence-electron chi connectivity index (χ3n) is 2.60. The lowest BCUT2D eigenvalue weighted by atomic mass is 10.1. The quantitative estimate of drug-likeness (QED) is 0.569. The fraction of sp³-hybridized carbons (Fsp3) is 0.875. The van der Waals surface area contributed by atoms with Gasteiger partial charge in [-0.15, -0.1) is 0 Å². The summed E-state index contributed by atoms with van der Waals surface area (Å²) in [4.78, 5) is 13.3. The Morgan fingerprint density at radius 1 is 1.45 bits per heavy atom. The second-order valence-corrected chi connectivity index (χ2v) is 3.48. The van der Waals surface area contributed by atoms with Crippen molar-refractivity contribution in [2.24, 2.45) is 0 Å². The number of β-amino-alcohol motifs (C(OH)–C–C–N with tert-alkyl or cyclic N) is 1. The minimum absolute atomic E-state index is 0.151. The highest BCUT2D eigenvalue weighted by Crippen LogP contribution is 2.24.